The fourth-order valence-electron chi connectivity index (χ4n) is 1.34. The van der Waals surface area contributed by atoms with Crippen LogP contribution in [0.5, 0.6) is 0 Å². The van der Waals surface area contributed by atoms with Crippen molar-refractivity contribution in [2.75, 3.05) is 0 Å². The number of thiazole rings is 1. The minimum atomic E-state index is 0.528. The zero-order valence-electron chi connectivity index (χ0n) is 9.27. The first kappa shape index (κ1) is 11.7. The number of hydrogen-bond acceptors (Lipinski definition) is 3. The van der Waals surface area contributed by atoms with Gasteiger partial charge in [-0.15, -0.1) is 11.3 Å². The lowest BCUT2D eigenvalue weighted by Gasteiger charge is -2.02. The van der Waals surface area contributed by atoms with Crippen LogP contribution in [0.3, 0.4) is 0 Å². The van der Waals surface area contributed by atoms with Crippen molar-refractivity contribution < 1.29 is 0 Å². The molecule has 1 unspecified atom stereocenters. The first-order chi connectivity index (χ1) is 7.70. The Kier molecular flexibility index (Phi) is 3.71. The molecular weight excluding hydrogens is 284 g/mol. The molecule has 0 aliphatic rings. The summed E-state index contributed by atoms with van der Waals surface area (Å²) in [5, 5.41) is 3.13. The highest BCUT2D eigenvalue weighted by Crippen LogP contribution is 2.27. The van der Waals surface area contributed by atoms with E-state index in [1.54, 1.807) is 17.5 Å². The van der Waals surface area contributed by atoms with Gasteiger partial charge in [0.15, 0.2) is 0 Å². The molecule has 0 N–H and O–H groups in total. The SMILES string of the molecule is CCC(C)c1csc(-c2ccc(Br)cn2)n1. The zero-order valence-corrected chi connectivity index (χ0v) is 11.7. The summed E-state index contributed by atoms with van der Waals surface area (Å²) in [7, 11) is 0. The minimum Gasteiger partial charge on any atom is -0.253 e. The van der Waals surface area contributed by atoms with Crippen LogP contribution in [-0.2, 0) is 0 Å². The Morgan fingerprint density at radius 2 is 2.25 bits per heavy atom. The summed E-state index contributed by atoms with van der Waals surface area (Å²) in [6.45, 7) is 4.38. The zero-order chi connectivity index (χ0) is 11.5. The normalized spacial score (nSPS) is 12.7. The Balaban J connectivity index is 2.28. The van der Waals surface area contributed by atoms with Gasteiger partial charge in [-0.1, -0.05) is 13.8 Å². The third kappa shape index (κ3) is 2.50. The predicted octanol–water partition coefficient (Wildman–Crippen LogP) is 4.48. The monoisotopic (exact) mass is 296 g/mol. The molecule has 0 saturated heterocycles. The van der Waals surface area contributed by atoms with E-state index in [0.717, 1.165) is 21.6 Å². The molecule has 16 heavy (non-hydrogen) atoms. The van der Waals surface area contributed by atoms with Crippen LogP contribution in [0.15, 0.2) is 28.2 Å². The number of hydrogen-bond donors (Lipinski definition) is 0. The van der Waals surface area contributed by atoms with Gasteiger partial charge in [0.05, 0.1) is 11.4 Å². The van der Waals surface area contributed by atoms with Crippen LogP contribution in [0, 0.1) is 0 Å². The lowest BCUT2D eigenvalue weighted by molar-refractivity contribution is 0.714. The molecule has 2 aromatic rings. The smallest absolute Gasteiger partial charge is 0.142 e. The summed E-state index contributed by atoms with van der Waals surface area (Å²) in [6.07, 6.45) is 2.93. The molecular formula is C12H13BrN2S. The largest absolute Gasteiger partial charge is 0.253 e. The average molecular weight is 297 g/mol. The molecule has 0 fully saturated rings. The predicted molar refractivity (Wildman–Crippen MR) is 71.8 cm³/mol. The maximum atomic E-state index is 4.62. The Bertz CT molecular complexity index is 464. The number of rotatable bonds is 3. The molecule has 2 heterocycles. The first-order valence-electron chi connectivity index (χ1n) is 5.28. The highest BCUT2D eigenvalue weighted by atomic mass is 79.9. The van der Waals surface area contributed by atoms with Crippen LogP contribution in [0.2, 0.25) is 0 Å². The van der Waals surface area contributed by atoms with Gasteiger partial charge in [0.25, 0.3) is 0 Å². The molecule has 0 radical (unpaired) electrons. The van der Waals surface area contributed by atoms with E-state index in [2.05, 4.69) is 45.1 Å². The van der Waals surface area contributed by atoms with E-state index < -0.39 is 0 Å². The van der Waals surface area contributed by atoms with Crippen LogP contribution in [0.1, 0.15) is 31.9 Å². The summed E-state index contributed by atoms with van der Waals surface area (Å²) in [5.41, 5.74) is 2.12. The maximum Gasteiger partial charge on any atom is 0.142 e. The number of halogens is 1. The van der Waals surface area contributed by atoms with E-state index in [0.29, 0.717) is 5.92 Å². The molecule has 2 rings (SSSR count). The molecule has 0 bridgehead atoms. The van der Waals surface area contributed by atoms with Gasteiger partial charge in [-0.3, -0.25) is 4.98 Å². The summed E-state index contributed by atoms with van der Waals surface area (Å²) in [6, 6.07) is 3.98. The fraction of sp³-hybridized carbons (Fsp3) is 0.333. The number of aromatic nitrogens is 2. The Labute approximate surface area is 108 Å². The molecule has 0 aliphatic carbocycles. The molecule has 84 valence electrons. The third-order valence-electron chi connectivity index (χ3n) is 2.59. The van der Waals surface area contributed by atoms with Crippen LogP contribution in [-0.4, -0.2) is 9.97 Å². The van der Waals surface area contributed by atoms with Crippen LogP contribution in [0.4, 0.5) is 0 Å². The lowest BCUT2D eigenvalue weighted by Crippen LogP contribution is -1.91. The molecule has 0 aliphatic heterocycles. The van der Waals surface area contributed by atoms with Crippen molar-refractivity contribution in [1.82, 2.24) is 9.97 Å². The van der Waals surface area contributed by atoms with Gasteiger partial charge >= 0.3 is 0 Å². The molecule has 0 saturated carbocycles. The van der Waals surface area contributed by atoms with Gasteiger partial charge < -0.3 is 0 Å². The molecule has 2 nitrogen and oxygen atoms in total. The minimum absolute atomic E-state index is 0.528. The van der Waals surface area contributed by atoms with E-state index in [9.17, 15) is 0 Å². The molecule has 0 amide bonds. The van der Waals surface area contributed by atoms with Gasteiger partial charge in [-0.05, 0) is 40.4 Å². The summed E-state index contributed by atoms with van der Waals surface area (Å²) in [5.74, 6) is 0.528. The molecule has 2 aromatic heterocycles. The fourth-order valence-corrected chi connectivity index (χ4v) is 2.49. The maximum absolute atomic E-state index is 4.62. The van der Waals surface area contributed by atoms with Crippen molar-refractivity contribution in [2.24, 2.45) is 0 Å². The summed E-state index contributed by atoms with van der Waals surface area (Å²) < 4.78 is 0.995. The molecule has 0 aromatic carbocycles. The third-order valence-corrected chi connectivity index (χ3v) is 3.94. The van der Waals surface area contributed by atoms with Crippen LogP contribution in [0.25, 0.3) is 10.7 Å². The highest BCUT2D eigenvalue weighted by Gasteiger charge is 2.10. The van der Waals surface area contributed by atoms with Crippen molar-refractivity contribution in [1.29, 1.82) is 0 Å². The Hall–Kier alpha value is -0.740. The highest BCUT2D eigenvalue weighted by molar-refractivity contribution is 9.10. The lowest BCUT2D eigenvalue weighted by atomic mass is 10.1. The van der Waals surface area contributed by atoms with E-state index in [-0.39, 0.29) is 0 Å². The van der Waals surface area contributed by atoms with Crippen molar-refractivity contribution in [3.8, 4) is 10.7 Å². The van der Waals surface area contributed by atoms with Crippen molar-refractivity contribution in [2.45, 2.75) is 26.2 Å². The topological polar surface area (TPSA) is 25.8 Å². The number of pyridine rings is 1. The molecule has 0 spiro atoms. The second-order valence-electron chi connectivity index (χ2n) is 3.75. The van der Waals surface area contributed by atoms with Crippen molar-refractivity contribution in [3.63, 3.8) is 0 Å². The van der Waals surface area contributed by atoms with E-state index >= 15 is 0 Å². The van der Waals surface area contributed by atoms with Crippen molar-refractivity contribution >= 4 is 27.3 Å². The Morgan fingerprint density at radius 3 is 2.88 bits per heavy atom. The van der Waals surface area contributed by atoms with Gasteiger partial charge in [-0.2, -0.15) is 0 Å². The van der Waals surface area contributed by atoms with Gasteiger partial charge in [-0.25, -0.2) is 4.98 Å². The Morgan fingerprint density at radius 1 is 1.44 bits per heavy atom. The standard InChI is InChI=1S/C12H13BrN2S/c1-3-8(2)11-7-16-12(15-11)10-5-4-9(13)6-14-10/h4-8H,3H2,1-2H3. The quantitative estimate of drug-likeness (QED) is 0.834. The molecule has 1 atom stereocenters. The number of nitrogens with zero attached hydrogens (tertiary/aromatic N) is 2. The van der Waals surface area contributed by atoms with Gasteiger partial charge in [0.1, 0.15) is 5.01 Å². The van der Waals surface area contributed by atoms with Gasteiger partial charge in [0.2, 0.25) is 0 Å². The first-order valence-corrected chi connectivity index (χ1v) is 6.95. The van der Waals surface area contributed by atoms with Crippen LogP contribution >= 0.6 is 27.3 Å². The average Bonchev–Trinajstić information content (AvgIpc) is 2.78. The summed E-state index contributed by atoms with van der Waals surface area (Å²) in [4.78, 5) is 8.97. The van der Waals surface area contributed by atoms with Gasteiger partial charge in [0, 0.05) is 16.0 Å². The molecule has 4 heteroatoms. The van der Waals surface area contributed by atoms with E-state index in [4.69, 9.17) is 0 Å². The van der Waals surface area contributed by atoms with E-state index in [1.165, 1.54) is 5.69 Å². The van der Waals surface area contributed by atoms with Crippen molar-refractivity contribution in [3.05, 3.63) is 33.9 Å². The second kappa shape index (κ2) is 5.06. The summed E-state index contributed by atoms with van der Waals surface area (Å²) >= 11 is 5.04. The van der Waals surface area contributed by atoms with E-state index in [1.807, 2.05) is 12.1 Å². The second-order valence-corrected chi connectivity index (χ2v) is 5.52. The van der Waals surface area contributed by atoms with Crippen LogP contribution < -0.4 is 0 Å².